The largest absolute Gasteiger partial charge is 0.516 e. The number of hydrogen-bond donors (Lipinski definition) is 3. The van der Waals surface area contributed by atoms with Gasteiger partial charge in [-0.2, -0.15) is 21.6 Å². The van der Waals surface area contributed by atoms with Crippen molar-refractivity contribution < 1.29 is 55.0 Å². The number of amides is 4. The average molecular weight is 804 g/mol. The summed E-state index contributed by atoms with van der Waals surface area (Å²) in [5.74, 6) is -3.86. The number of hydrogen-bond acceptors (Lipinski definition) is 10. The fourth-order valence-electron chi connectivity index (χ4n) is 6.45. The van der Waals surface area contributed by atoms with Crippen molar-refractivity contribution in [3.8, 4) is 22.8 Å². The summed E-state index contributed by atoms with van der Waals surface area (Å²) in [6, 6.07) is 13.5. The number of likely N-dealkylation sites (tertiary alicyclic amines) is 1. The Morgan fingerprint density at radius 1 is 1.05 bits per heavy atom. The normalized spacial score (nSPS) is 21.5. The van der Waals surface area contributed by atoms with Gasteiger partial charge in [0.2, 0.25) is 11.8 Å². The van der Waals surface area contributed by atoms with Gasteiger partial charge in [0.15, 0.2) is 0 Å². The molecule has 2 aromatic carbocycles. The molecule has 2 unspecified atom stereocenters. The number of sulfonamides is 1. The number of alkyl halides is 3. The minimum Gasteiger partial charge on any atom is -0.497 e. The fraction of sp³-hybridized carbons (Fsp3) is 0.447. The molecule has 3 aromatic rings. The van der Waals surface area contributed by atoms with Crippen LogP contribution >= 0.6 is 0 Å². The Labute approximate surface area is 322 Å². The monoisotopic (exact) mass is 803 g/mol. The molecule has 1 aliphatic heterocycles. The van der Waals surface area contributed by atoms with E-state index in [-0.39, 0.29) is 19.4 Å². The predicted molar refractivity (Wildman–Crippen MR) is 199 cm³/mol. The van der Waals surface area contributed by atoms with Crippen LogP contribution < -0.4 is 24.8 Å². The van der Waals surface area contributed by atoms with Gasteiger partial charge in [-0.25, -0.2) is 14.5 Å². The van der Waals surface area contributed by atoms with Crippen molar-refractivity contribution in [2.75, 3.05) is 13.7 Å². The number of halogens is 3. The fourth-order valence-corrected chi connectivity index (χ4v) is 6.99. The molecule has 1 saturated carbocycles. The van der Waals surface area contributed by atoms with Crippen LogP contribution in [0.25, 0.3) is 22.2 Å². The lowest BCUT2D eigenvalue weighted by molar-refractivity contribution is -0.142. The molecule has 5 atom stereocenters. The number of benzene rings is 2. The number of nitrogens with one attached hydrogen (secondary N) is 3. The van der Waals surface area contributed by atoms with Crippen molar-refractivity contribution >= 4 is 44.7 Å². The molecule has 18 heteroatoms. The highest BCUT2D eigenvalue weighted by Gasteiger charge is 2.63. The molecule has 0 radical (unpaired) electrons. The van der Waals surface area contributed by atoms with Crippen molar-refractivity contribution in [3.05, 3.63) is 67.3 Å². The van der Waals surface area contributed by atoms with Gasteiger partial charge in [-0.3, -0.25) is 14.4 Å². The second kappa shape index (κ2) is 15.6. The van der Waals surface area contributed by atoms with Crippen LogP contribution in [0.15, 0.2) is 67.3 Å². The van der Waals surface area contributed by atoms with E-state index in [9.17, 15) is 40.8 Å². The lowest BCUT2D eigenvalue weighted by Gasteiger charge is -2.31. The molecule has 0 spiro atoms. The molecule has 1 saturated heterocycles. The molecule has 56 heavy (non-hydrogen) atoms. The van der Waals surface area contributed by atoms with Gasteiger partial charge in [0.05, 0.1) is 24.9 Å². The Morgan fingerprint density at radius 3 is 2.30 bits per heavy atom. The van der Waals surface area contributed by atoms with Crippen LogP contribution in [0.4, 0.5) is 18.0 Å². The van der Waals surface area contributed by atoms with Crippen molar-refractivity contribution in [1.82, 2.24) is 25.2 Å². The summed E-state index contributed by atoms with van der Waals surface area (Å²) >= 11 is 0. The first kappa shape index (κ1) is 41.8. The van der Waals surface area contributed by atoms with Crippen molar-refractivity contribution in [3.63, 3.8) is 0 Å². The molecule has 14 nitrogen and oxygen atoms in total. The van der Waals surface area contributed by atoms with Crippen molar-refractivity contribution in [2.24, 2.45) is 11.8 Å². The van der Waals surface area contributed by atoms with Crippen LogP contribution in [0.2, 0.25) is 0 Å². The lowest BCUT2D eigenvalue weighted by atomic mass is 10.0. The number of pyridine rings is 1. The molecular formula is C38H44F3N5O9S. The zero-order valence-electron chi connectivity index (χ0n) is 31.6. The Bertz CT molecular complexity index is 2130. The predicted octanol–water partition coefficient (Wildman–Crippen LogP) is 4.83. The second-order valence-corrected chi connectivity index (χ2v) is 16.7. The smallest absolute Gasteiger partial charge is 0.497 e. The lowest BCUT2D eigenvalue weighted by Crippen LogP contribution is -2.59. The maximum atomic E-state index is 14.4. The zero-order valence-corrected chi connectivity index (χ0v) is 32.4. The Morgan fingerprint density at radius 2 is 1.73 bits per heavy atom. The van der Waals surface area contributed by atoms with E-state index in [4.69, 9.17) is 19.2 Å². The summed E-state index contributed by atoms with van der Waals surface area (Å²) in [7, 11) is -4.61. The van der Waals surface area contributed by atoms with E-state index in [1.807, 2.05) is 30.3 Å². The summed E-state index contributed by atoms with van der Waals surface area (Å²) < 4.78 is 81.7. The van der Waals surface area contributed by atoms with E-state index in [1.54, 1.807) is 58.9 Å². The average Bonchev–Trinajstić information content (AvgIpc) is 3.67. The van der Waals surface area contributed by atoms with Gasteiger partial charge >= 0.3 is 21.6 Å². The van der Waals surface area contributed by atoms with E-state index in [0.29, 0.717) is 28.1 Å². The highest BCUT2D eigenvalue weighted by Crippen LogP contribution is 2.45. The standard InChI is InChI=1S/C38H44F3N5O9S/c1-8-23-19-37(23,34(49)45-56(51,52)38(39,40)41)44-32(47)29-17-25(20-46(29)33(48)31(21(2)3)43-35(50)55-36(4,5)6)54-30-18-27(22-12-10-9-11-13-22)42-28-16-24(53-7)14-15-26(28)30/h8-16,18,21,23,25,29,31H,1,17,19-20H2,2-7H3,(H,43,50)(H,44,47)(H,45,49)/t23?,25-,29+,31+,37?/m1/s1. The molecule has 5 rings (SSSR count). The molecule has 1 aromatic heterocycles. The summed E-state index contributed by atoms with van der Waals surface area (Å²) in [5.41, 5.74) is -6.97. The zero-order chi connectivity index (χ0) is 41.4. The number of ether oxygens (including phenoxy) is 3. The van der Waals surface area contributed by atoms with Gasteiger partial charge in [0.1, 0.15) is 40.8 Å². The van der Waals surface area contributed by atoms with Crippen LogP contribution in [0.5, 0.6) is 11.5 Å². The van der Waals surface area contributed by atoms with Gasteiger partial charge in [-0.1, -0.05) is 50.3 Å². The van der Waals surface area contributed by atoms with Crippen LogP contribution in [-0.2, 0) is 29.1 Å². The summed E-state index contributed by atoms with van der Waals surface area (Å²) in [6.45, 7) is 11.6. The molecule has 302 valence electrons. The molecule has 1 aliphatic carbocycles. The van der Waals surface area contributed by atoms with Crippen molar-refractivity contribution in [2.45, 2.75) is 82.3 Å². The van der Waals surface area contributed by atoms with Crippen molar-refractivity contribution in [1.29, 1.82) is 0 Å². The number of nitrogens with zero attached hydrogens (tertiary/aromatic N) is 2. The number of carbonyl (C=O) groups excluding carboxylic acids is 4. The molecule has 0 bridgehead atoms. The first-order chi connectivity index (χ1) is 26.1. The van der Waals surface area contributed by atoms with Crippen LogP contribution in [0.1, 0.15) is 47.5 Å². The number of alkyl carbamates (subject to hydrolysis) is 1. The number of aromatic nitrogens is 1. The number of rotatable bonds is 12. The van der Waals surface area contributed by atoms with E-state index >= 15 is 0 Å². The highest BCUT2D eigenvalue weighted by molar-refractivity contribution is 7.90. The van der Waals surface area contributed by atoms with Gasteiger partial charge in [0.25, 0.3) is 5.91 Å². The first-order valence-corrected chi connectivity index (χ1v) is 19.2. The molecule has 2 fully saturated rings. The summed E-state index contributed by atoms with van der Waals surface area (Å²) in [6.07, 6.45) is -1.00. The maximum Gasteiger partial charge on any atom is 0.516 e. The third-order valence-corrected chi connectivity index (χ3v) is 10.4. The Hall–Kier alpha value is -5.39. The summed E-state index contributed by atoms with van der Waals surface area (Å²) in [4.78, 5) is 60.5. The highest BCUT2D eigenvalue weighted by atomic mass is 32.2. The van der Waals surface area contributed by atoms with Crippen LogP contribution in [0.3, 0.4) is 0 Å². The van der Waals surface area contributed by atoms with E-state index < -0.39 is 80.5 Å². The quantitative estimate of drug-likeness (QED) is 0.215. The Balaban J connectivity index is 1.51. The molecule has 4 amide bonds. The Kier molecular flexibility index (Phi) is 11.7. The second-order valence-electron chi connectivity index (χ2n) is 15.0. The van der Waals surface area contributed by atoms with E-state index in [1.165, 1.54) is 13.2 Å². The molecular weight excluding hydrogens is 760 g/mol. The topological polar surface area (TPSA) is 182 Å². The third kappa shape index (κ3) is 9.01. The van der Waals surface area contributed by atoms with E-state index in [0.717, 1.165) is 15.2 Å². The van der Waals surface area contributed by atoms with Crippen LogP contribution in [0, 0.1) is 11.8 Å². The number of methoxy groups -OCH3 is 1. The van der Waals surface area contributed by atoms with Gasteiger partial charge in [-0.05, 0) is 45.2 Å². The SMILES string of the molecule is C=CC1CC1(NC(=O)[C@@H]1C[C@@H](Oc2cc(-c3ccccc3)nc3cc(OC)ccc23)CN1C(=O)[C@@H](NC(=O)OC(C)(C)C)C(C)C)C(=O)NS(=O)(=O)C(F)(F)F. The minimum atomic E-state index is -6.12. The minimum absolute atomic E-state index is 0.174. The van der Waals surface area contributed by atoms with Crippen LogP contribution in [-0.4, -0.2) is 90.6 Å². The third-order valence-electron chi connectivity index (χ3n) is 9.38. The molecule has 3 N–H and O–H groups in total. The number of carbonyl (C=O) groups is 4. The summed E-state index contributed by atoms with van der Waals surface area (Å²) in [5, 5.41) is 5.58. The molecule has 2 aliphatic rings. The van der Waals surface area contributed by atoms with Gasteiger partial charge in [-0.15, -0.1) is 6.58 Å². The van der Waals surface area contributed by atoms with Gasteiger partial charge < -0.3 is 29.7 Å². The maximum absolute atomic E-state index is 14.4. The molecule has 2 heterocycles. The van der Waals surface area contributed by atoms with E-state index in [2.05, 4.69) is 17.2 Å². The van der Waals surface area contributed by atoms with Gasteiger partial charge in [0, 0.05) is 35.4 Å². The first-order valence-electron chi connectivity index (χ1n) is 17.7. The number of fused-ring (bicyclic) bond motifs is 1.